The standard InChI is InChI=1S/C28H34N2O4SSi/c1-27(2,3)36-34-28(4,5)23-14-13-20-17-22(12-11-21(20)18-23)26(32)30-29-25(31)19-35-16-15-33-24-9-7-6-8-10-24/h6-14,17-18H,15-16,19H2,1-5H3,(H,29,31)(H,30,32). The van der Waals surface area contributed by atoms with E-state index >= 15 is 0 Å². The van der Waals surface area contributed by atoms with Crippen LogP contribution in [0.5, 0.6) is 5.75 Å². The zero-order valence-electron chi connectivity index (χ0n) is 21.5. The van der Waals surface area contributed by atoms with Gasteiger partial charge in [-0.2, -0.15) is 0 Å². The van der Waals surface area contributed by atoms with E-state index in [1.807, 2.05) is 54.6 Å². The van der Waals surface area contributed by atoms with Crippen molar-refractivity contribution in [3.63, 3.8) is 0 Å². The third-order valence-electron chi connectivity index (χ3n) is 5.20. The van der Waals surface area contributed by atoms with E-state index in [-0.39, 0.29) is 22.6 Å². The van der Waals surface area contributed by atoms with E-state index in [0.29, 0.717) is 27.7 Å². The first-order valence-corrected chi connectivity index (χ1v) is 13.9. The molecule has 8 heteroatoms. The average Bonchev–Trinajstić information content (AvgIpc) is 2.85. The van der Waals surface area contributed by atoms with E-state index in [1.165, 1.54) is 11.8 Å². The van der Waals surface area contributed by atoms with Gasteiger partial charge in [0, 0.05) is 11.3 Å². The second kappa shape index (κ2) is 12.4. The molecule has 0 atom stereocenters. The first-order chi connectivity index (χ1) is 17.0. The number of benzene rings is 3. The van der Waals surface area contributed by atoms with Crippen LogP contribution in [-0.2, 0) is 14.8 Å². The number of hydrazine groups is 1. The highest BCUT2D eigenvalue weighted by molar-refractivity contribution is 7.99. The third-order valence-corrected chi connectivity index (χ3v) is 7.34. The summed E-state index contributed by atoms with van der Waals surface area (Å²) >= 11 is 1.44. The minimum Gasteiger partial charge on any atom is -0.493 e. The number of hydrogen-bond donors (Lipinski definition) is 2. The highest BCUT2D eigenvalue weighted by Gasteiger charge is 2.25. The molecule has 36 heavy (non-hydrogen) atoms. The number of carbonyl (C=O) groups excluding carboxylic acids is 2. The number of hydrogen-bond acceptors (Lipinski definition) is 5. The first-order valence-electron chi connectivity index (χ1n) is 11.9. The largest absolute Gasteiger partial charge is 0.493 e. The van der Waals surface area contributed by atoms with Gasteiger partial charge in [0.05, 0.1) is 18.0 Å². The summed E-state index contributed by atoms with van der Waals surface area (Å²) in [7, 11) is 0.386. The summed E-state index contributed by atoms with van der Waals surface area (Å²) in [5.41, 5.74) is 6.12. The Labute approximate surface area is 220 Å². The van der Waals surface area contributed by atoms with Crippen LogP contribution in [0.15, 0.2) is 66.7 Å². The predicted molar refractivity (Wildman–Crippen MR) is 148 cm³/mol. The maximum absolute atomic E-state index is 12.6. The summed E-state index contributed by atoms with van der Waals surface area (Å²) in [6.07, 6.45) is 0. The van der Waals surface area contributed by atoms with Crippen molar-refractivity contribution in [3.8, 4) is 5.75 Å². The van der Waals surface area contributed by atoms with Gasteiger partial charge in [-0.3, -0.25) is 20.4 Å². The second-order valence-electron chi connectivity index (χ2n) is 9.96. The normalized spacial score (nSPS) is 11.8. The fraction of sp³-hybridized carbons (Fsp3) is 0.357. The Morgan fingerprint density at radius 2 is 1.58 bits per heavy atom. The Hall–Kier alpha value is -2.81. The molecule has 190 valence electrons. The lowest BCUT2D eigenvalue weighted by atomic mass is 9.95. The van der Waals surface area contributed by atoms with Crippen molar-refractivity contribution in [1.29, 1.82) is 0 Å². The van der Waals surface area contributed by atoms with Gasteiger partial charge >= 0.3 is 0 Å². The maximum atomic E-state index is 12.6. The Morgan fingerprint density at radius 1 is 0.889 bits per heavy atom. The lowest BCUT2D eigenvalue weighted by molar-refractivity contribution is -0.119. The minimum absolute atomic E-state index is 0.112. The van der Waals surface area contributed by atoms with Crippen molar-refractivity contribution in [3.05, 3.63) is 77.9 Å². The molecule has 0 aliphatic carbocycles. The molecular weight excluding hydrogens is 488 g/mol. The van der Waals surface area contributed by atoms with E-state index in [4.69, 9.17) is 9.16 Å². The Balaban J connectivity index is 1.47. The van der Waals surface area contributed by atoms with Gasteiger partial charge in [0.1, 0.15) is 5.75 Å². The quantitative estimate of drug-likeness (QED) is 0.209. The van der Waals surface area contributed by atoms with Crippen LogP contribution in [0.1, 0.15) is 50.5 Å². The molecular formula is C28H34N2O4SSi. The van der Waals surface area contributed by atoms with Crippen LogP contribution in [0.3, 0.4) is 0 Å². The molecule has 6 nitrogen and oxygen atoms in total. The van der Waals surface area contributed by atoms with E-state index in [0.717, 1.165) is 22.1 Å². The molecule has 0 aromatic heterocycles. The Kier molecular flexibility index (Phi) is 9.59. The van der Waals surface area contributed by atoms with Crippen LogP contribution in [-0.4, -0.2) is 39.7 Å². The summed E-state index contributed by atoms with van der Waals surface area (Å²) in [5, 5.41) is 2.08. The smallest absolute Gasteiger partial charge is 0.269 e. The number of nitrogens with one attached hydrogen (secondary N) is 2. The fourth-order valence-corrected chi connectivity index (χ4v) is 4.52. The molecule has 0 bridgehead atoms. The lowest BCUT2D eigenvalue weighted by Crippen LogP contribution is -2.42. The zero-order valence-corrected chi connectivity index (χ0v) is 23.3. The van der Waals surface area contributed by atoms with Crippen LogP contribution in [0.2, 0.25) is 5.04 Å². The molecule has 0 unspecified atom stereocenters. The average molecular weight is 523 g/mol. The predicted octanol–water partition coefficient (Wildman–Crippen LogP) is 5.50. The molecule has 3 aromatic rings. The second-order valence-corrected chi connectivity index (χ2v) is 13.0. The topological polar surface area (TPSA) is 76.7 Å². The summed E-state index contributed by atoms with van der Waals surface area (Å²) in [6.45, 7) is 11.2. The molecule has 3 rings (SSSR count). The number of para-hydroxylation sites is 1. The summed E-state index contributed by atoms with van der Waals surface area (Å²) in [4.78, 5) is 24.6. The van der Waals surface area contributed by atoms with Crippen LogP contribution < -0.4 is 15.6 Å². The highest BCUT2D eigenvalue weighted by Crippen LogP contribution is 2.31. The number of ether oxygens (including phenoxy) is 1. The Bertz CT molecular complexity index is 1180. The molecule has 0 spiro atoms. The highest BCUT2D eigenvalue weighted by atomic mass is 32.2. The van der Waals surface area contributed by atoms with Gasteiger partial charge < -0.3 is 9.16 Å². The monoisotopic (exact) mass is 522 g/mol. The number of rotatable bonds is 10. The SMILES string of the molecule is CC(C)(C)[Si]OC(C)(C)c1ccc2cc(C(=O)NNC(=O)CSCCOc3ccccc3)ccc2c1. The molecule has 0 saturated carbocycles. The van der Waals surface area contributed by atoms with E-state index < -0.39 is 5.60 Å². The van der Waals surface area contributed by atoms with Gasteiger partial charge in [-0.1, -0.05) is 57.2 Å². The summed E-state index contributed by atoms with van der Waals surface area (Å²) in [6, 6.07) is 21.2. The van der Waals surface area contributed by atoms with Gasteiger partial charge in [0.15, 0.2) is 0 Å². The maximum Gasteiger partial charge on any atom is 0.269 e. The van der Waals surface area contributed by atoms with Crippen molar-refractivity contribution in [1.82, 2.24) is 10.9 Å². The van der Waals surface area contributed by atoms with Gasteiger partial charge in [-0.25, -0.2) is 0 Å². The Morgan fingerprint density at radius 3 is 2.31 bits per heavy atom. The van der Waals surface area contributed by atoms with E-state index in [9.17, 15) is 9.59 Å². The van der Waals surface area contributed by atoms with Gasteiger partial charge in [0.2, 0.25) is 15.7 Å². The van der Waals surface area contributed by atoms with Gasteiger partial charge in [-0.05, 0) is 65.6 Å². The molecule has 0 aliphatic rings. The van der Waals surface area contributed by atoms with Gasteiger partial charge in [-0.15, -0.1) is 11.8 Å². The van der Waals surface area contributed by atoms with Crippen molar-refractivity contribution in [2.75, 3.05) is 18.1 Å². The van der Waals surface area contributed by atoms with Crippen LogP contribution in [0, 0.1) is 0 Å². The van der Waals surface area contributed by atoms with Crippen LogP contribution in [0.25, 0.3) is 10.8 Å². The molecule has 0 aliphatic heterocycles. The third kappa shape index (κ3) is 8.69. The van der Waals surface area contributed by atoms with Crippen molar-refractivity contribution in [2.24, 2.45) is 0 Å². The van der Waals surface area contributed by atoms with Crippen molar-refractivity contribution >= 4 is 44.1 Å². The molecule has 2 radical (unpaired) electrons. The van der Waals surface area contributed by atoms with E-state index in [2.05, 4.69) is 51.5 Å². The number of amides is 2. The fourth-order valence-electron chi connectivity index (χ4n) is 3.24. The van der Waals surface area contributed by atoms with Crippen LogP contribution in [0.4, 0.5) is 0 Å². The number of thioether (sulfide) groups is 1. The zero-order chi connectivity index (χ0) is 26.2. The molecule has 2 amide bonds. The first kappa shape index (κ1) is 27.8. The number of fused-ring (bicyclic) bond motifs is 1. The van der Waals surface area contributed by atoms with Crippen molar-refractivity contribution in [2.45, 2.75) is 45.3 Å². The molecule has 2 N–H and O–H groups in total. The van der Waals surface area contributed by atoms with Crippen molar-refractivity contribution < 1.29 is 18.8 Å². The summed E-state index contributed by atoms with van der Waals surface area (Å²) < 4.78 is 11.8. The minimum atomic E-state index is -0.411. The number of carbonyl (C=O) groups is 2. The summed E-state index contributed by atoms with van der Waals surface area (Å²) in [5.74, 6) is 1.08. The van der Waals surface area contributed by atoms with Crippen LogP contribution >= 0.6 is 11.8 Å². The molecule has 0 fully saturated rings. The molecule has 3 aromatic carbocycles. The molecule has 0 saturated heterocycles. The van der Waals surface area contributed by atoms with Gasteiger partial charge in [0.25, 0.3) is 5.91 Å². The van der Waals surface area contributed by atoms with E-state index in [1.54, 1.807) is 6.07 Å². The lowest BCUT2D eigenvalue weighted by Gasteiger charge is -2.30. The molecule has 0 heterocycles.